The third-order valence-corrected chi connectivity index (χ3v) is 13.2. The summed E-state index contributed by atoms with van der Waals surface area (Å²) in [4.78, 5) is 16.4. The van der Waals surface area contributed by atoms with Gasteiger partial charge in [-0.3, -0.25) is 0 Å². The molecule has 0 amide bonds. The van der Waals surface area contributed by atoms with Crippen LogP contribution in [0.3, 0.4) is 0 Å². The second-order valence-corrected chi connectivity index (χ2v) is 16.5. The van der Waals surface area contributed by atoms with E-state index >= 15 is 0 Å². The summed E-state index contributed by atoms with van der Waals surface area (Å²) in [5.74, 6) is 1.86. The normalized spacial score (nSPS) is 12.9. The van der Waals surface area contributed by atoms with Gasteiger partial charge in [-0.2, -0.15) is 0 Å². The van der Waals surface area contributed by atoms with Gasteiger partial charge in [0.15, 0.2) is 17.5 Å². The number of furan rings is 1. The third kappa shape index (κ3) is 4.93. The van der Waals surface area contributed by atoms with Gasteiger partial charge < -0.3 is 8.98 Å². The Morgan fingerprint density at radius 2 is 1.29 bits per heavy atom. The highest BCUT2D eigenvalue weighted by atomic mass is 32.1. The lowest BCUT2D eigenvalue weighted by atomic mass is 9.95. The summed E-state index contributed by atoms with van der Waals surface area (Å²) in [7, 11) is 0. The largest absolute Gasteiger partial charge is 0.456 e. The molecule has 0 saturated heterocycles. The molecule has 12 aromatic rings. The molecule has 0 fully saturated rings. The molecule has 0 bridgehead atoms. The van der Waals surface area contributed by atoms with E-state index in [-0.39, 0.29) is 0 Å². The fourth-order valence-corrected chi connectivity index (χ4v) is 10.5. The quantitative estimate of drug-likeness (QED) is 0.179. The van der Waals surface area contributed by atoms with Crippen LogP contribution in [0.25, 0.3) is 121 Å². The molecular formula is C53H32N4OS. The van der Waals surface area contributed by atoms with Gasteiger partial charge in [0.05, 0.1) is 22.3 Å². The number of aryl methyl sites for hydroxylation is 1. The number of aromatic nitrogens is 4. The molecule has 4 heterocycles. The van der Waals surface area contributed by atoms with Crippen molar-refractivity contribution < 1.29 is 4.42 Å². The Hall–Kier alpha value is -7.41. The number of hydrogen-bond acceptors (Lipinski definition) is 5. The number of hydrogen-bond donors (Lipinski definition) is 0. The van der Waals surface area contributed by atoms with Crippen LogP contribution in [0, 0.1) is 0 Å². The molecule has 0 saturated carbocycles. The van der Waals surface area contributed by atoms with E-state index in [1.165, 1.54) is 47.5 Å². The first-order valence-electron chi connectivity index (χ1n) is 20.1. The molecule has 4 aromatic heterocycles. The van der Waals surface area contributed by atoms with Crippen molar-refractivity contribution in [2.45, 2.75) is 12.8 Å². The molecule has 8 aromatic carbocycles. The van der Waals surface area contributed by atoms with Crippen LogP contribution in [0.2, 0.25) is 0 Å². The predicted molar refractivity (Wildman–Crippen MR) is 246 cm³/mol. The van der Waals surface area contributed by atoms with Crippen LogP contribution in [0.5, 0.6) is 0 Å². The molecule has 0 radical (unpaired) electrons. The lowest BCUT2D eigenvalue weighted by Crippen LogP contribution is -2.05. The first-order chi connectivity index (χ1) is 29.2. The van der Waals surface area contributed by atoms with Crippen molar-refractivity contribution >= 4 is 92.1 Å². The predicted octanol–water partition coefficient (Wildman–Crippen LogP) is 14.3. The molecule has 0 aliphatic heterocycles. The summed E-state index contributed by atoms with van der Waals surface area (Å²) in [6, 6.07) is 56.3. The van der Waals surface area contributed by atoms with E-state index in [4.69, 9.17) is 19.4 Å². The molecule has 5 nitrogen and oxygen atoms in total. The van der Waals surface area contributed by atoms with Crippen molar-refractivity contribution in [3.05, 3.63) is 175 Å². The van der Waals surface area contributed by atoms with Crippen molar-refractivity contribution in [2.24, 2.45) is 0 Å². The fourth-order valence-electron chi connectivity index (χ4n) is 9.40. The Kier molecular flexibility index (Phi) is 6.94. The minimum absolute atomic E-state index is 0.603. The zero-order chi connectivity index (χ0) is 38.6. The summed E-state index contributed by atoms with van der Waals surface area (Å²) in [6.45, 7) is 0. The van der Waals surface area contributed by atoms with Crippen LogP contribution in [0.15, 0.2) is 168 Å². The minimum Gasteiger partial charge on any atom is -0.456 e. The van der Waals surface area contributed by atoms with Gasteiger partial charge in [0.25, 0.3) is 0 Å². The highest BCUT2D eigenvalue weighted by Gasteiger charge is 2.25. The molecule has 0 N–H and O–H groups in total. The summed E-state index contributed by atoms with van der Waals surface area (Å²) < 4.78 is 11.2. The summed E-state index contributed by atoms with van der Waals surface area (Å²) in [5, 5.41) is 9.16. The zero-order valence-electron chi connectivity index (χ0n) is 31.7. The van der Waals surface area contributed by atoms with E-state index < -0.39 is 0 Å². The van der Waals surface area contributed by atoms with E-state index in [9.17, 15) is 0 Å². The Bertz CT molecular complexity index is 3750. The van der Waals surface area contributed by atoms with Crippen LogP contribution >= 0.6 is 11.3 Å². The van der Waals surface area contributed by atoms with Gasteiger partial charge in [-0.15, -0.1) is 11.3 Å². The monoisotopic (exact) mass is 772 g/mol. The highest BCUT2D eigenvalue weighted by Crippen LogP contribution is 2.46. The number of allylic oxidation sites excluding steroid dienone is 1. The third-order valence-electron chi connectivity index (χ3n) is 12.1. The van der Waals surface area contributed by atoms with Crippen LogP contribution in [0.4, 0.5) is 0 Å². The van der Waals surface area contributed by atoms with Crippen molar-refractivity contribution in [2.75, 3.05) is 0 Å². The standard InChI is InChI=1S/C53H32N4OS/c1-2-13-32-28-35(25-24-31(32)12-1)51-54-52(39-19-11-22-45-48(39)37-17-6-9-21-44(37)58-45)56-53(55-51)50-42(26-27-47-49(50)38-18-7-10-23-46(38)59-47)57-41-20-8-5-16-36(41)40-29-33-14-3-4-15-34(33)30-43(40)57/h2-11,13-30H,1,12H2. The maximum atomic E-state index is 6.40. The summed E-state index contributed by atoms with van der Waals surface area (Å²) >= 11 is 1.81. The van der Waals surface area contributed by atoms with Crippen molar-refractivity contribution in [3.63, 3.8) is 0 Å². The molecule has 1 aliphatic rings. The Morgan fingerprint density at radius 1 is 0.525 bits per heavy atom. The number of benzene rings is 8. The number of nitrogens with zero attached hydrogens (tertiary/aromatic N) is 4. The molecule has 59 heavy (non-hydrogen) atoms. The maximum Gasteiger partial charge on any atom is 0.166 e. The molecule has 0 unspecified atom stereocenters. The van der Waals surface area contributed by atoms with Crippen LogP contribution in [-0.4, -0.2) is 19.5 Å². The molecule has 13 rings (SSSR count). The van der Waals surface area contributed by atoms with E-state index in [1.807, 2.05) is 24.3 Å². The van der Waals surface area contributed by atoms with Crippen molar-refractivity contribution in [1.29, 1.82) is 0 Å². The van der Waals surface area contributed by atoms with E-state index in [0.717, 1.165) is 73.6 Å². The van der Waals surface area contributed by atoms with E-state index in [1.54, 1.807) is 11.3 Å². The summed E-state index contributed by atoms with van der Waals surface area (Å²) in [6.07, 6.45) is 6.56. The van der Waals surface area contributed by atoms with Gasteiger partial charge in [-0.05, 0) is 89.3 Å². The molecule has 0 atom stereocenters. The van der Waals surface area contributed by atoms with Gasteiger partial charge in [0, 0.05) is 52.8 Å². The van der Waals surface area contributed by atoms with E-state index in [0.29, 0.717) is 17.5 Å². The van der Waals surface area contributed by atoms with Gasteiger partial charge in [-0.1, -0.05) is 115 Å². The Balaban J connectivity index is 1.18. The van der Waals surface area contributed by atoms with Crippen LogP contribution in [-0.2, 0) is 6.42 Å². The first kappa shape index (κ1) is 32.7. The van der Waals surface area contributed by atoms with Gasteiger partial charge >= 0.3 is 0 Å². The minimum atomic E-state index is 0.603. The number of fused-ring (bicyclic) bond motifs is 11. The fraction of sp³-hybridized carbons (Fsp3) is 0.0377. The maximum absolute atomic E-state index is 6.40. The lowest BCUT2D eigenvalue weighted by molar-refractivity contribution is 0.669. The summed E-state index contributed by atoms with van der Waals surface area (Å²) in [5.41, 5.74) is 10.3. The molecule has 1 aliphatic carbocycles. The van der Waals surface area contributed by atoms with Crippen molar-refractivity contribution in [1.82, 2.24) is 19.5 Å². The molecule has 276 valence electrons. The second-order valence-electron chi connectivity index (χ2n) is 15.4. The number of thiophene rings is 1. The Labute approximate surface area is 342 Å². The average Bonchev–Trinajstić information content (AvgIpc) is 3.97. The lowest BCUT2D eigenvalue weighted by Gasteiger charge is -2.17. The van der Waals surface area contributed by atoms with Crippen LogP contribution < -0.4 is 0 Å². The van der Waals surface area contributed by atoms with Gasteiger partial charge in [0.1, 0.15) is 11.2 Å². The number of rotatable bonds is 4. The SMILES string of the molecule is C1=Cc2cc(-c3nc(-c4cccc5oc6ccccc6c45)nc(-c4c(-n5c6ccccc6c6cc7ccccc7cc65)ccc5sc6ccccc6c45)n3)ccc2CC1. The zero-order valence-corrected chi connectivity index (χ0v) is 32.5. The first-order valence-corrected chi connectivity index (χ1v) is 20.9. The highest BCUT2D eigenvalue weighted by molar-refractivity contribution is 7.26. The molecule has 0 spiro atoms. The van der Waals surface area contributed by atoms with Crippen LogP contribution in [0.1, 0.15) is 17.5 Å². The van der Waals surface area contributed by atoms with E-state index in [2.05, 4.69) is 150 Å². The molecular weight excluding hydrogens is 741 g/mol. The second kappa shape index (κ2) is 12.5. The van der Waals surface area contributed by atoms with Crippen molar-refractivity contribution in [3.8, 4) is 39.9 Å². The topological polar surface area (TPSA) is 56.7 Å². The van der Waals surface area contributed by atoms with Gasteiger partial charge in [0.2, 0.25) is 0 Å². The van der Waals surface area contributed by atoms with Gasteiger partial charge in [-0.25, -0.2) is 15.0 Å². The smallest absolute Gasteiger partial charge is 0.166 e. The number of para-hydroxylation sites is 2. The molecule has 6 heteroatoms. The Morgan fingerprint density at radius 3 is 2.22 bits per heavy atom. The average molecular weight is 773 g/mol.